The van der Waals surface area contributed by atoms with E-state index in [1.807, 2.05) is 37.3 Å². The van der Waals surface area contributed by atoms with E-state index in [2.05, 4.69) is 0 Å². The Balaban J connectivity index is 2.26. The Morgan fingerprint density at radius 3 is 2.71 bits per heavy atom. The Bertz CT molecular complexity index is 485. The number of ether oxygens (including phenoxy) is 1. The first-order chi connectivity index (χ1) is 8.33. The Morgan fingerprint density at radius 1 is 1.24 bits per heavy atom. The van der Waals surface area contributed by atoms with Gasteiger partial charge in [-0.25, -0.2) is 4.79 Å². The van der Waals surface area contributed by atoms with Crippen molar-refractivity contribution >= 4 is 5.97 Å². The van der Waals surface area contributed by atoms with Crippen LogP contribution in [0.2, 0.25) is 0 Å². The van der Waals surface area contributed by atoms with E-state index in [0.29, 0.717) is 6.61 Å². The van der Waals surface area contributed by atoms with Gasteiger partial charge in [0.25, 0.3) is 0 Å². The smallest absolute Gasteiger partial charge is 0.374 e. The van der Waals surface area contributed by atoms with Crippen LogP contribution in [0.4, 0.5) is 0 Å². The largest absolute Gasteiger partial charge is 0.460 e. The fourth-order valence-electron chi connectivity index (χ4n) is 1.57. The average Bonchev–Trinajstić information content (AvgIpc) is 2.86. The van der Waals surface area contributed by atoms with Crippen LogP contribution >= 0.6 is 0 Å². The van der Waals surface area contributed by atoms with Gasteiger partial charge < -0.3 is 9.15 Å². The molecule has 3 nitrogen and oxygen atoms in total. The van der Waals surface area contributed by atoms with Crippen LogP contribution in [0.15, 0.2) is 47.1 Å². The monoisotopic (exact) mass is 230 g/mol. The number of hydrogen-bond donors (Lipinski definition) is 0. The molecule has 1 aromatic heterocycles. The van der Waals surface area contributed by atoms with Crippen LogP contribution < -0.4 is 0 Å². The fourth-order valence-corrected chi connectivity index (χ4v) is 1.57. The maximum Gasteiger partial charge on any atom is 0.374 e. The number of esters is 1. The molecule has 0 fully saturated rings. The van der Waals surface area contributed by atoms with Crippen molar-refractivity contribution in [1.29, 1.82) is 0 Å². The predicted octanol–water partition coefficient (Wildman–Crippen LogP) is 3.51. The van der Waals surface area contributed by atoms with E-state index in [9.17, 15) is 4.79 Å². The summed E-state index contributed by atoms with van der Waals surface area (Å²) in [6.07, 6.45) is 2.30. The van der Waals surface area contributed by atoms with Crippen molar-refractivity contribution in [3.8, 4) is 11.1 Å². The number of furan rings is 1. The molecule has 2 rings (SSSR count). The average molecular weight is 230 g/mol. The van der Waals surface area contributed by atoms with Crippen molar-refractivity contribution in [3.63, 3.8) is 0 Å². The first kappa shape index (κ1) is 11.5. The molecule has 2 aromatic rings. The van der Waals surface area contributed by atoms with Crippen LogP contribution in [0.25, 0.3) is 11.1 Å². The summed E-state index contributed by atoms with van der Waals surface area (Å²) in [6.45, 7) is 2.36. The lowest BCUT2D eigenvalue weighted by atomic mass is 10.1. The summed E-state index contributed by atoms with van der Waals surface area (Å²) in [4.78, 5) is 11.7. The lowest BCUT2D eigenvalue weighted by Crippen LogP contribution is -2.05. The first-order valence-electron chi connectivity index (χ1n) is 5.63. The fraction of sp³-hybridized carbons (Fsp3) is 0.214. The summed E-state index contributed by atoms with van der Waals surface area (Å²) in [5.74, 6) is -0.139. The van der Waals surface area contributed by atoms with Gasteiger partial charge >= 0.3 is 5.97 Å². The lowest BCUT2D eigenvalue weighted by Gasteiger charge is -2.03. The van der Waals surface area contributed by atoms with Gasteiger partial charge in [0.2, 0.25) is 5.76 Å². The summed E-state index contributed by atoms with van der Waals surface area (Å²) in [7, 11) is 0. The number of hydrogen-bond acceptors (Lipinski definition) is 3. The second-order valence-corrected chi connectivity index (χ2v) is 3.67. The minimum absolute atomic E-state index is 0.268. The lowest BCUT2D eigenvalue weighted by molar-refractivity contribution is 0.0470. The van der Waals surface area contributed by atoms with E-state index in [0.717, 1.165) is 17.5 Å². The highest BCUT2D eigenvalue weighted by atomic mass is 16.5. The summed E-state index contributed by atoms with van der Waals surface area (Å²) in [5.41, 5.74) is 1.72. The molecule has 0 aliphatic heterocycles. The Hall–Kier alpha value is -2.03. The second kappa shape index (κ2) is 5.34. The van der Waals surface area contributed by atoms with Crippen molar-refractivity contribution in [3.05, 3.63) is 48.4 Å². The molecule has 88 valence electrons. The molecule has 3 heteroatoms. The third-order valence-corrected chi connectivity index (χ3v) is 2.37. The summed E-state index contributed by atoms with van der Waals surface area (Å²) in [5, 5.41) is 0. The highest BCUT2D eigenvalue weighted by Crippen LogP contribution is 2.25. The van der Waals surface area contributed by atoms with Crippen LogP contribution in [0.5, 0.6) is 0 Å². The molecule has 0 bridgehead atoms. The minimum Gasteiger partial charge on any atom is -0.460 e. The Labute approximate surface area is 100 Å². The Morgan fingerprint density at radius 2 is 2.00 bits per heavy atom. The molecule has 1 aromatic carbocycles. The predicted molar refractivity (Wildman–Crippen MR) is 64.7 cm³/mol. The minimum atomic E-state index is -0.407. The van der Waals surface area contributed by atoms with E-state index in [-0.39, 0.29) is 5.76 Å². The van der Waals surface area contributed by atoms with E-state index >= 15 is 0 Å². The van der Waals surface area contributed by atoms with Gasteiger partial charge in [0, 0.05) is 5.56 Å². The highest BCUT2D eigenvalue weighted by molar-refractivity contribution is 5.94. The zero-order valence-electron chi connectivity index (χ0n) is 9.68. The first-order valence-corrected chi connectivity index (χ1v) is 5.63. The summed E-state index contributed by atoms with van der Waals surface area (Å²) < 4.78 is 10.3. The van der Waals surface area contributed by atoms with Crippen molar-refractivity contribution in [1.82, 2.24) is 0 Å². The van der Waals surface area contributed by atoms with Crippen molar-refractivity contribution in [2.45, 2.75) is 13.3 Å². The van der Waals surface area contributed by atoms with E-state index < -0.39 is 5.97 Å². The maximum atomic E-state index is 11.7. The van der Waals surface area contributed by atoms with E-state index in [4.69, 9.17) is 9.15 Å². The molecule has 17 heavy (non-hydrogen) atoms. The number of benzene rings is 1. The normalized spacial score (nSPS) is 10.2. The molecule has 1 heterocycles. The molecule has 0 atom stereocenters. The molecule has 0 unspecified atom stereocenters. The number of carbonyl (C=O) groups excluding carboxylic acids is 1. The van der Waals surface area contributed by atoms with Gasteiger partial charge in [0.05, 0.1) is 12.9 Å². The molecule has 0 amide bonds. The third-order valence-electron chi connectivity index (χ3n) is 2.37. The SMILES string of the molecule is CCCOC(=O)c1occc1-c1ccccc1. The van der Waals surface area contributed by atoms with Gasteiger partial charge in [0.15, 0.2) is 0 Å². The van der Waals surface area contributed by atoms with E-state index in [1.54, 1.807) is 6.07 Å². The number of rotatable bonds is 4. The summed E-state index contributed by atoms with van der Waals surface area (Å²) >= 11 is 0. The van der Waals surface area contributed by atoms with Crippen LogP contribution in [-0.4, -0.2) is 12.6 Å². The summed E-state index contributed by atoms with van der Waals surface area (Å²) in [6, 6.07) is 11.4. The number of carbonyl (C=O) groups is 1. The molecular weight excluding hydrogens is 216 g/mol. The molecule has 0 N–H and O–H groups in total. The Kier molecular flexibility index (Phi) is 3.60. The van der Waals surface area contributed by atoms with Crippen LogP contribution in [0, 0.1) is 0 Å². The molecule has 0 spiro atoms. The van der Waals surface area contributed by atoms with Gasteiger partial charge in [-0.2, -0.15) is 0 Å². The molecule has 0 aliphatic carbocycles. The highest BCUT2D eigenvalue weighted by Gasteiger charge is 2.17. The van der Waals surface area contributed by atoms with Crippen molar-refractivity contribution in [2.24, 2.45) is 0 Å². The van der Waals surface area contributed by atoms with Crippen LogP contribution in [-0.2, 0) is 4.74 Å². The van der Waals surface area contributed by atoms with Crippen LogP contribution in [0.3, 0.4) is 0 Å². The topological polar surface area (TPSA) is 39.4 Å². The quantitative estimate of drug-likeness (QED) is 0.754. The van der Waals surface area contributed by atoms with Crippen molar-refractivity contribution < 1.29 is 13.9 Å². The van der Waals surface area contributed by atoms with Crippen LogP contribution in [0.1, 0.15) is 23.9 Å². The molecular formula is C14H14O3. The zero-order chi connectivity index (χ0) is 12.1. The molecule has 0 radical (unpaired) electrons. The molecule has 0 saturated carbocycles. The molecule has 0 saturated heterocycles. The maximum absolute atomic E-state index is 11.7. The van der Waals surface area contributed by atoms with Gasteiger partial charge in [-0.15, -0.1) is 0 Å². The second-order valence-electron chi connectivity index (χ2n) is 3.67. The standard InChI is InChI=1S/C14H14O3/c1-2-9-17-14(15)13-12(8-10-16-13)11-6-4-3-5-7-11/h3-8,10H,2,9H2,1H3. The van der Waals surface area contributed by atoms with Crippen molar-refractivity contribution in [2.75, 3.05) is 6.61 Å². The van der Waals surface area contributed by atoms with E-state index in [1.165, 1.54) is 6.26 Å². The van der Waals surface area contributed by atoms with Gasteiger partial charge in [0.1, 0.15) is 0 Å². The van der Waals surface area contributed by atoms with Gasteiger partial charge in [-0.3, -0.25) is 0 Å². The molecule has 0 aliphatic rings. The third kappa shape index (κ3) is 2.56. The zero-order valence-corrected chi connectivity index (χ0v) is 9.68. The van der Waals surface area contributed by atoms with Gasteiger partial charge in [-0.1, -0.05) is 37.3 Å². The van der Waals surface area contributed by atoms with Gasteiger partial charge in [-0.05, 0) is 18.1 Å².